The molecule has 0 atom stereocenters. The number of alkyl halides is 4. The van der Waals surface area contributed by atoms with Gasteiger partial charge in [0.25, 0.3) is 12.9 Å². The highest BCUT2D eigenvalue weighted by Gasteiger charge is 2.17. The number of halogens is 4. The Hall–Kier alpha value is -0.890. The lowest BCUT2D eigenvalue weighted by Gasteiger charge is -2.21. The van der Waals surface area contributed by atoms with Crippen molar-refractivity contribution in [3.63, 3.8) is 0 Å². The number of nitrogens with zero attached hydrogens (tertiary/aromatic N) is 1. The zero-order chi connectivity index (χ0) is 13.3. The van der Waals surface area contributed by atoms with Gasteiger partial charge < -0.3 is 14.7 Å². The van der Waals surface area contributed by atoms with E-state index in [-0.39, 0.29) is 19.6 Å². The summed E-state index contributed by atoms with van der Waals surface area (Å²) in [5.74, 6) is -0.659. The van der Waals surface area contributed by atoms with Crippen molar-refractivity contribution in [2.24, 2.45) is 0 Å². The zero-order valence-corrected chi connectivity index (χ0v) is 9.12. The Kier molecular flexibility index (Phi) is 8.69. The predicted octanol–water partition coefficient (Wildman–Crippen LogP) is 0.744. The van der Waals surface area contributed by atoms with E-state index < -0.39 is 38.5 Å². The van der Waals surface area contributed by atoms with Crippen LogP contribution < -0.4 is 0 Å². The Morgan fingerprint density at radius 2 is 1.88 bits per heavy atom. The van der Waals surface area contributed by atoms with Gasteiger partial charge in [-0.2, -0.15) is 0 Å². The Balaban J connectivity index is 3.88. The number of hydrogen-bond donors (Lipinski definition) is 1. The second kappa shape index (κ2) is 9.17. The van der Waals surface area contributed by atoms with Crippen LogP contribution in [0.5, 0.6) is 0 Å². The largest absolute Gasteiger partial charge is 0.395 e. The molecular formula is C9H15F4NO3. The van der Waals surface area contributed by atoms with Gasteiger partial charge in [0.2, 0.25) is 5.91 Å². The normalized spacial score (nSPS) is 11.2. The smallest absolute Gasteiger partial charge is 0.261 e. The number of amides is 1. The van der Waals surface area contributed by atoms with E-state index in [2.05, 4.69) is 4.74 Å². The first-order valence-corrected chi connectivity index (χ1v) is 5.00. The van der Waals surface area contributed by atoms with Crippen LogP contribution in [0.4, 0.5) is 17.6 Å². The average Bonchev–Trinajstić information content (AvgIpc) is 2.22. The lowest BCUT2D eigenvalue weighted by molar-refractivity contribution is -0.135. The van der Waals surface area contributed by atoms with Gasteiger partial charge in [-0.3, -0.25) is 4.79 Å². The summed E-state index contributed by atoms with van der Waals surface area (Å²) in [4.78, 5) is 12.1. The summed E-state index contributed by atoms with van der Waals surface area (Å²) in [5.41, 5.74) is 0. The third kappa shape index (κ3) is 8.87. The van der Waals surface area contributed by atoms with Crippen molar-refractivity contribution in [1.29, 1.82) is 0 Å². The Labute approximate surface area is 96.2 Å². The molecule has 0 aliphatic heterocycles. The Bertz CT molecular complexity index is 216. The van der Waals surface area contributed by atoms with Crippen molar-refractivity contribution in [3.8, 4) is 0 Å². The number of carbonyl (C=O) groups excluding carboxylic acids is 1. The van der Waals surface area contributed by atoms with E-state index in [9.17, 15) is 22.4 Å². The maximum Gasteiger partial charge on any atom is 0.261 e. The molecule has 0 aromatic heterocycles. The van der Waals surface area contributed by atoms with E-state index in [1.807, 2.05) is 0 Å². The number of aliphatic hydroxyl groups is 1. The van der Waals surface area contributed by atoms with Crippen LogP contribution in [-0.4, -0.2) is 61.7 Å². The van der Waals surface area contributed by atoms with Crippen LogP contribution in [0, 0.1) is 0 Å². The van der Waals surface area contributed by atoms with Gasteiger partial charge in [0.05, 0.1) is 26.2 Å². The molecule has 0 saturated heterocycles. The fraction of sp³-hybridized carbons (Fsp3) is 0.889. The minimum Gasteiger partial charge on any atom is -0.395 e. The van der Waals surface area contributed by atoms with Crippen molar-refractivity contribution in [1.82, 2.24) is 4.90 Å². The SMILES string of the molecule is O=C(CCOCC(F)F)N(CCO)CC(F)F. The molecule has 0 saturated carbocycles. The van der Waals surface area contributed by atoms with Crippen LogP contribution in [0.15, 0.2) is 0 Å². The summed E-state index contributed by atoms with van der Waals surface area (Å²) < 4.78 is 51.9. The molecule has 0 rings (SSSR count). The molecule has 1 N–H and O–H groups in total. The van der Waals surface area contributed by atoms with Crippen LogP contribution in [-0.2, 0) is 9.53 Å². The molecule has 8 heteroatoms. The van der Waals surface area contributed by atoms with Gasteiger partial charge in [0, 0.05) is 6.54 Å². The second-order valence-electron chi connectivity index (χ2n) is 3.17. The second-order valence-corrected chi connectivity index (χ2v) is 3.17. The first-order valence-electron chi connectivity index (χ1n) is 5.00. The van der Waals surface area contributed by atoms with Crippen molar-refractivity contribution in [3.05, 3.63) is 0 Å². The first kappa shape index (κ1) is 16.1. The highest BCUT2D eigenvalue weighted by Crippen LogP contribution is 2.02. The van der Waals surface area contributed by atoms with Crippen LogP contribution >= 0.6 is 0 Å². The van der Waals surface area contributed by atoms with E-state index in [0.717, 1.165) is 4.90 Å². The maximum absolute atomic E-state index is 12.1. The third-order valence-electron chi connectivity index (χ3n) is 1.79. The molecule has 0 aromatic rings. The summed E-state index contributed by atoms with van der Waals surface area (Å²) in [6.07, 6.45) is -5.59. The predicted molar refractivity (Wildman–Crippen MR) is 51.1 cm³/mol. The Morgan fingerprint density at radius 3 is 2.35 bits per heavy atom. The average molecular weight is 261 g/mol. The fourth-order valence-corrected chi connectivity index (χ4v) is 1.10. The monoisotopic (exact) mass is 261 g/mol. The summed E-state index contributed by atoms with van der Waals surface area (Å²) >= 11 is 0. The molecule has 102 valence electrons. The van der Waals surface area contributed by atoms with E-state index >= 15 is 0 Å². The number of ether oxygens (including phenoxy) is 1. The number of hydrogen-bond acceptors (Lipinski definition) is 3. The van der Waals surface area contributed by atoms with E-state index in [1.165, 1.54) is 0 Å². The molecule has 0 aliphatic carbocycles. The fourth-order valence-electron chi connectivity index (χ4n) is 1.10. The van der Waals surface area contributed by atoms with Crippen LogP contribution in [0.2, 0.25) is 0 Å². The van der Waals surface area contributed by atoms with Gasteiger partial charge in [-0.05, 0) is 0 Å². The topological polar surface area (TPSA) is 49.8 Å². The summed E-state index contributed by atoms with van der Waals surface area (Å²) in [7, 11) is 0. The van der Waals surface area contributed by atoms with Gasteiger partial charge in [-0.1, -0.05) is 0 Å². The summed E-state index contributed by atoms with van der Waals surface area (Å²) in [6.45, 7) is -2.47. The van der Waals surface area contributed by atoms with Gasteiger partial charge in [-0.25, -0.2) is 17.6 Å². The van der Waals surface area contributed by atoms with Crippen LogP contribution in [0.25, 0.3) is 0 Å². The van der Waals surface area contributed by atoms with Gasteiger partial charge >= 0.3 is 0 Å². The molecule has 0 fully saturated rings. The molecular weight excluding hydrogens is 246 g/mol. The third-order valence-corrected chi connectivity index (χ3v) is 1.79. The Morgan fingerprint density at radius 1 is 1.24 bits per heavy atom. The molecule has 0 unspecified atom stereocenters. The molecule has 0 spiro atoms. The summed E-state index contributed by atoms with van der Waals surface area (Å²) in [6, 6.07) is 0. The van der Waals surface area contributed by atoms with Gasteiger partial charge in [-0.15, -0.1) is 0 Å². The van der Waals surface area contributed by atoms with Crippen molar-refractivity contribution in [2.75, 3.05) is 32.9 Å². The molecule has 0 radical (unpaired) electrons. The van der Waals surface area contributed by atoms with E-state index in [1.54, 1.807) is 0 Å². The molecule has 0 aliphatic rings. The van der Waals surface area contributed by atoms with Gasteiger partial charge in [0.1, 0.15) is 6.61 Å². The highest BCUT2D eigenvalue weighted by atomic mass is 19.3. The summed E-state index contributed by atoms with van der Waals surface area (Å²) in [5, 5.41) is 8.57. The molecule has 0 bridgehead atoms. The van der Waals surface area contributed by atoms with E-state index in [4.69, 9.17) is 5.11 Å². The molecule has 17 heavy (non-hydrogen) atoms. The maximum atomic E-state index is 12.1. The van der Waals surface area contributed by atoms with E-state index in [0.29, 0.717) is 0 Å². The lowest BCUT2D eigenvalue weighted by atomic mass is 10.3. The quantitative estimate of drug-likeness (QED) is 0.492. The van der Waals surface area contributed by atoms with Gasteiger partial charge in [0.15, 0.2) is 0 Å². The number of aliphatic hydroxyl groups excluding tert-OH is 1. The first-order chi connectivity index (χ1) is 7.97. The standard InChI is InChI=1S/C9H15F4NO3/c10-7(11)5-14(2-3-15)9(16)1-4-17-6-8(12)13/h7-8,15H,1-6H2. The van der Waals surface area contributed by atoms with Crippen molar-refractivity contribution < 1.29 is 32.2 Å². The lowest BCUT2D eigenvalue weighted by Crippen LogP contribution is -2.37. The molecule has 0 aromatic carbocycles. The molecule has 0 heterocycles. The molecule has 4 nitrogen and oxygen atoms in total. The molecule has 1 amide bonds. The number of carbonyl (C=O) groups is 1. The highest BCUT2D eigenvalue weighted by molar-refractivity contribution is 5.76. The van der Waals surface area contributed by atoms with Crippen molar-refractivity contribution >= 4 is 5.91 Å². The van der Waals surface area contributed by atoms with Crippen LogP contribution in [0.3, 0.4) is 0 Å². The van der Waals surface area contributed by atoms with Crippen LogP contribution in [0.1, 0.15) is 6.42 Å². The minimum absolute atomic E-state index is 0.210. The number of rotatable bonds is 9. The van der Waals surface area contributed by atoms with Crippen molar-refractivity contribution in [2.45, 2.75) is 19.3 Å². The zero-order valence-electron chi connectivity index (χ0n) is 9.12. The minimum atomic E-state index is -2.70.